The number of aryl methyl sites for hydroxylation is 1. The first-order valence-corrected chi connectivity index (χ1v) is 8.54. The van der Waals surface area contributed by atoms with Crippen LogP contribution in [-0.2, 0) is 4.74 Å². The van der Waals surface area contributed by atoms with E-state index in [1.165, 1.54) is 48.8 Å². The minimum atomic E-state index is 0.292. The van der Waals surface area contributed by atoms with Gasteiger partial charge in [0.1, 0.15) is 0 Å². The average molecular weight is 289 g/mol. The second-order valence-electron chi connectivity index (χ2n) is 6.37. The smallest absolute Gasteiger partial charge is 0.0797 e. The van der Waals surface area contributed by atoms with E-state index in [4.69, 9.17) is 4.74 Å². The first-order valence-electron chi connectivity index (χ1n) is 8.54. The van der Waals surface area contributed by atoms with Gasteiger partial charge < -0.3 is 10.1 Å². The number of ether oxygens (including phenoxy) is 1. The second kappa shape index (κ2) is 7.95. The summed E-state index contributed by atoms with van der Waals surface area (Å²) >= 11 is 0. The molecule has 1 aliphatic carbocycles. The van der Waals surface area contributed by atoms with Gasteiger partial charge >= 0.3 is 0 Å². The Bertz CT molecular complexity index is 437. The fourth-order valence-electron chi connectivity index (χ4n) is 3.77. The molecule has 2 rings (SSSR count). The lowest BCUT2D eigenvalue weighted by Gasteiger charge is -2.36. The van der Waals surface area contributed by atoms with E-state index in [0.717, 1.165) is 6.61 Å². The van der Waals surface area contributed by atoms with Crippen LogP contribution in [0.2, 0.25) is 0 Å². The maximum Gasteiger partial charge on any atom is 0.0797 e. The molecule has 1 N–H and O–H groups in total. The molecule has 0 aromatic heterocycles. The van der Waals surface area contributed by atoms with Crippen LogP contribution in [0, 0.1) is 19.8 Å². The Morgan fingerprint density at radius 1 is 1.19 bits per heavy atom. The summed E-state index contributed by atoms with van der Waals surface area (Å²) in [5, 5.41) is 3.54. The second-order valence-corrected chi connectivity index (χ2v) is 6.37. The molecule has 0 amide bonds. The van der Waals surface area contributed by atoms with E-state index in [9.17, 15) is 0 Å². The molecule has 0 bridgehead atoms. The normalized spacial score (nSPS) is 19.4. The summed E-state index contributed by atoms with van der Waals surface area (Å²) in [5.74, 6) is 0.691. The van der Waals surface area contributed by atoms with Crippen molar-refractivity contribution in [3.8, 4) is 0 Å². The van der Waals surface area contributed by atoms with E-state index < -0.39 is 0 Å². The van der Waals surface area contributed by atoms with E-state index in [0.29, 0.717) is 18.1 Å². The molecule has 0 radical (unpaired) electrons. The predicted molar refractivity (Wildman–Crippen MR) is 89.7 cm³/mol. The summed E-state index contributed by atoms with van der Waals surface area (Å²) in [5.41, 5.74) is 4.17. The topological polar surface area (TPSA) is 21.3 Å². The van der Waals surface area contributed by atoms with Gasteiger partial charge in [-0.15, -0.1) is 0 Å². The van der Waals surface area contributed by atoms with E-state index in [1.54, 1.807) is 0 Å². The Morgan fingerprint density at radius 2 is 1.90 bits per heavy atom. The van der Waals surface area contributed by atoms with Gasteiger partial charge in [0, 0.05) is 6.61 Å². The molecular formula is C19H31NO. The molecule has 118 valence electrons. The minimum absolute atomic E-state index is 0.292. The third kappa shape index (κ3) is 3.87. The molecule has 1 fully saturated rings. The monoisotopic (exact) mass is 289 g/mol. The van der Waals surface area contributed by atoms with Gasteiger partial charge in [0.15, 0.2) is 0 Å². The maximum atomic E-state index is 6.22. The third-order valence-electron chi connectivity index (χ3n) is 5.09. The Morgan fingerprint density at radius 3 is 2.52 bits per heavy atom. The number of likely N-dealkylation sites (N-methyl/N-ethyl adjacent to an activating group) is 1. The summed E-state index contributed by atoms with van der Waals surface area (Å²) in [6.07, 6.45) is 7.03. The summed E-state index contributed by atoms with van der Waals surface area (Å²) in [6.45, 7) is 7.34. The Hall–Kier alpha value is -0.860. The van der Waals surface area contributed by atoms with Crippen molar-refractivity contribution in [2.45, 2.75) is 65.0 Å². The Balaban J connectivity index is 2.28. The van der Waals surface area contributed by atoms with Crippen LogP contribution in [0.25, 0.3) is 0 Å². The van der Waals surface area contributed by atoms with Crippen LogP contribution in [0.1, 0.15) is 61.8 Å². The predicted octanol–water partition coefficient (Wildman–Crippen LogP) is 4.55. The van der Waals surface area contributed by atoms with E-state index >= 15 is 0 Å². The number of rotatable bonds is 6. The molecule has 1 aromatic carbocycles. The highest BCUT2D eigenvalue weighted by Gasteiger charge is 2.32. The van der Waals surface area contributed by atoms with Crippen molar-refractivity contribution in [2.24, 2.45) is 5.92 Å². The highest BCUT2D eigenvalue weighted by atomic mass is 16.5. The van der Waals surface area contributed by atoms with E-state index in [2.05, 4.69) is 51.3 Å². The van der Waals surface area contributed by atoms with Crippen molar-refractivity contribution in [2.75, 3.05) is 13.7 Å². The maximum absolute atomic E-state index is 6.22. The van der Waals surface area contributed by atoms with Gasteiger partial charge in [-0.25, -0.2) is 0 Å². The number of hydrogen-bond donors (Lipinski definition) is 1. The van der Waals surface area contributed by atoms with Crippen molar-refractivity contribution in [3.63, 3.8) is 0 Å². The highest BCUT2D eigenvalue weighted by molar-refractivity contribution is 5.36. The molecule has 1 saturated carbocycles. The van der Waals surface area contributed by atoms with Crippen LogP contribution in [0.15, 0.2) is 18.2 Å². The van der Waals surface area contributed by atoms with Crippen molar-refractivity contribution in [1.82, 2.24) is 5.32 Å². The molecule has 0 saturated heterocycles. The van der Waals surface area contributed by atoms with Crippen LogP contribution < -0.4 is 5.32 Å². The molecule has 0 heterocycles. The zero-order valence-electron chi connectivity index (χ0n) is 14.1. The van der Waals surface area contributed by atoms with Crippen molar-refractivity contribution < 1.29 is 4.74 Å². The molecule has 0 aliphatic heterocycles. The van der Waals surface area contributed by atoms with Gasteiger partial charge in [0.25, 0.3) is 0 Å². The quantitative estimate of drug-likeness (QED) is 0.829. The van der Waals surface area contributed by atoms with Crippen LogP contribution in [0.5, 0.6) is 0 Å². The first-order chi connectivity index (χ1) is 10.2. The van der Waals surface area contributed by atoms with Gasteiger partial charge in [0.05, 0.1) is 12.1 Å². The van der Waals surface area contributed by atoms with Gasteiger partial charge in [0.2, 0.25) is 0 Å². The highest BCUT2D eigenvalue weighted by Crippen LogP contribution is 2.35. The van der Waals surface area contributed by atoms with Gasteiger partial charge in [-0.1, -0.05) is 37.5 Å². The lowest BCUT2D eigenvalue weighted by Crippen LogP contribution is -2.38. The number of benzene rings is 1. The zero-order valence-corrected chi connectivity index (χ0v) is 14.1. The van der Waals surface area contributed by atoms with Gasteiger partial charge in [-0.2, -0.15) is 0 Å². The SMILES string of the molecule is CCOC(C1CCCCC1)C(NC)c1cccc(C)c1C. The zero-order chi connectivity index (χ0) is 15.2. The third-order valence-corrected chi connectivity index (χ3v) is 5.09. The minimum Gasteiger partial charge on any atom is -0.376 e. The van der Waals surface area contributed by atoms with Gasteiger partial charge in [-0.05, 0) is 63.3 Å². The average Bonchev–Trinajstić information content (AvgIpc) is 2.52. The molecule has 21 heavy (non-hydrogen) atoms. The van der Waals surface area contributed by atoms with Gasteiger partial charge in [-0.3, -0.25) is 0 Å². The molecule has 1 aromatic rings. The molecule has 2 nitrogen and oxygen atoms in total. The summed E-state index contributed by atoms with van der Waals surface area (Å²) in [6, 6.07) is 6.93. The molecule has 2 atom stereocenters. The summed E-state index contributed by atoms with van der Waals surface area (Å²) in [4.78, 5) is 0. The Kier molecular flexibility index (Phi) is 6.25. The summed E-state index contributed by atoms with van der Waals surface area (Å²) < 4.78 is 6.22. The van der Waals surface area contributed by atoms with E-state index in [1.807, 2.05) is 0 Å². The number of nitrogens with one attached hydrogen (secondary N) is 1. The fraction of sp³-hybridized carbons (Fsp3) is 0.684. The van der Waals surface area contributed by atoms with Crippen molar-refractivity contribution >= 4 is 0 Å². The van der Waals surface area contributed by atoms with Crippen molar-refractivity contribution in [3.05, 3.63) is 34.9 Å². The Labute approximate surface area is 130 Å². The lowest BCUT2D eigenvalue weighted by molar-refractivity contribution is -0.0169. The van der Waals surface area contributed by atoms with Crippen LogP contribution in [0.4, 0.5) is 0 Å². The largest absolute Gasteiger partial charge is 0.376 e. The molecule has 2 unspecified atom stereocenters. The fourth-order valence-corrected chi connectivity index (χ4v) is 3.77. The molecule has 1 aliphatic rings. The van der Waals surface area contributed by atoms with E-state index in [-0.39, 0.29) is 0 Å². The summed E-state index contributed by atoms with van der Waals surface area (Å²) in [7, 11) is 2.07. The van der Waals surface area contributed by atoms with Crippen molar-refractivity contribution in [1.29, 1.82) is 0 Å². The van der Waals surface area contributed by atoms with Crippen LogP contribution in [-0.4, -0.2) is 19.8 Å². The molecule has 2 heteroatoms. The molecule has 0 spiro atoms. The van der Waals surface area contributed by atoms with Crippen LogP contribution >= 0.6 is 0 Å². The molecular weight excluding hydrogens is 258 g/mol. The van der Waals surface area contributed by atoms with Crippen LogP contribution in [0.3, 0.4) is 0 Å². The number of hydrogen-bond acceptors (Lipinski definition) is 2. The standard InChI is InChI=1S/C19H31NO/c1-5-21-19(16-11-7-6-8-12-16)18(20-4)17-13-9-10-14(2)15(17)3/h9-10,13,16,18-20H,5-8,11-12H2,1-4H3. The lowest BCUT2D eigenvalue weighted by atomic mass is 9.80. The first kappa shape index (κ1) is 16.5.